The van der Waals surface area contributed by atoms with E-state index in [9.17, 15) is 13.2 Å². The van der Waals surface area contributed by atoms with E-state index in [-0.39, 0.29) is 52.5 Å². The van der Waals surface area contributed by atoms with Gasteiger partial charge >= 0.3 is 29.6 Å². The summed E-state index contributed by atoms with van der Waals surface area (Å²) in [7, 11) is -2.58. The van der Waals surface area contributed by atoms with Crippen molar-refractivity contribution < 1.29 is 52.2 Å². The number of anilines is 1. The van der Waals surface area contributed by atoms with Gasteiger partial charge < -0.3 is 19.5 Å². The number of rotatable bonds is 5. The maximum Gasteiger partial charge on any atom is 1.00 e. The molecule has 0 spiro atoms. The number of carbonyl (C=O) groups excluding carboxylic acids is 1. The fourth-order valence-corrected chi connectivity index (χ4v) is 6.56. The molecular weight excluding hydrogens is 481 g/mol. The van der Waals surface area contributed by atoms with Gasteiger partial charge in [-0.1, -0.05) is 6.07 Å². The van der Waals surface area contributed by atoms with Crippen molar-refractivity contribution in [3.8, 4) is 5.88 Å². The summed E-state index contributed by atoms with van der Waals surface area (Å²) in [6.45, 7) is 2.48. The minimum atomic E-state index is -4.28. The van der Waals surface area contributed by atoms with Crippen molar-refractivity contribution in [2.75, 3.05) is 32.1 Å². The quantitative estimate of drug-likeness (QED) is 0.527. The number of hydrogen-bond donors (Lipinski definition) is 1. The SMILES string of the molecule is COC1CN([C@@H]2COc3c(S(=O)(=O)[N-]C(=O)Nc4c5c(cc6c4CCC6)CCC5)cnn3C2)C1.[Na+]. The largest absolute Gasteiger partial charge is 1.00 e. The molecule has 1 N–H and O–H groups in total. The van der Waals surface area contributed by atoms with E-state index in [0.717, 1.165) is 68.4 Å². The second-order valence-corrected chi connectivity index (χ2v) is 11.1. The number of urea groups is 1. The van der Waals surface area contributed by atoms with Crippen LogP contribution in [0.5, 0.6) is 5.88 Å². The van der Waals surface area contributed by atoms with Crippen LogP contribution in [0.1, 0.15) is 35.1 Å². The topological polar surface area (TPSA) is 117 Å². The van der Waals surface area contributed by atoms with E-state index >= 15 is 0 Å². The smallest absolute Gasteiger partial charge is 0.475 e. The molecule has 1 aromatic carbocycles. The first-order valence-corrected chi connectivity index (χ1v) is 13.3. The van der Waals surface area contributed by atoms with Crippen LogP contribution >= 0.6 is 0 Å². The van der Waals surface area contributed by atoms with Gasteiger partial charge in [0.1, 0.15) is 6.61 Å². The Morgan fingerprint density at radius 1 is 1.14 bits per heavy atom. The minimum Gasteiger partial charge on any atom is -0.475 e. The number of aromatic nitrogens is 2. The number of aryl methyl sites for hydroxylation is 2. The molecule has 2 aliphatic carbocycles. The van der Waals surface area contributed by atoms with E-state index in [0.29, 0.717) is 13.2 Å². The van der Waals surface area contributed by atoms with Gasteiger partial charge in [0.15, 0.2) is 10.9 Å². The number of hydrogen-bond acceptors (Lipinski definition) is 7. The van der Waals surface area contributed by atoms with Crippen molar-refractivity contribution in [1.82, 2.24) is 14.7 Å². The summed E-state index contributed by atoms with van der Waals surface area (Å²) in [5.41, 5.74) is 5.53. The molecule has 1 fully saturated rings. The van der Waals surface area contributed by atoms with Crippen molar-refractivity contribution in [3.63, 3.8) is 0 Å². The fraction of sp³-hybridized carbons (Fsp3) is 0.565. The van der Waals surface area contributed by atoms with Gasteiger partial charge in [-0.05, 0) is 66.5 Å². The predicted octanol–water partition coefficient (Wildman–Crippen LogP) is -0.749. The third-order valence-corrected chi connectivity index (χ3v) is 8.71. The van der Waals surface area contributed by atoms with Gasteiger partial charge in [0.2, 0.25) is 15.9 Å². The number of likely N-dealkylation sites (tertiary alicyclic amines) is 1. The Morgan fingerprint density at radius 3 is 2.49 bits per heavy atom. The van der Waals surface area contributed by atoms with Crippen molar-refractivity contribution >= 4 is 21.7 Å². The molecule has 1 aromatic heterocycles. The number of amides is 2. The molecule has 4 aliphatic rings. The van der Waals surface area contributed by atoms with E-state index in [1.54, 1.807) is 7.11 Å². The Kier molecular flexibility index (Phi) is 6.92. The summed E-state index contributed by atoms with van der Waals surface area (Å²) in [5, 5.41) is 7.02. The Morgan fingerprint density at radius 2 is 1.83 bits per heavy atom. The molecule has 12 heteroatoms. The summed E-state index contributed by atoms with van der Waals surface area (Å²) in [6, 6.07) is 1.47. The first-order chi connectivity index (χ1) is 16.4. The zero-order chi connectivity index (χ0) is 23.4. The molecular formula is C23H28N5NaO5S. The molecule has 0 radical (unpaired) electrons. The van der Waals surface area contributed by atoms with Gasteiger partial charge in [-0.3, -0.25) is 9.69 Å². The molecule has 0 unspecified atom stereocenters. The van der Waals surface area contributed by atoms with Crippen LogP contribution < -0.4 is 39.6 Å². The van der Waals surface area contributed by atoms with E-state index in [1.807, 2.05) is 0 Å². The molecule has 1 saturated heterocycles. The summed E-state index contributed by atoms with van der Waals surface area (Å²) >= 11 is 0. The Bertz CT molecular complexity index is 1230. The second-order valence-electron chi connectivity index (χ2n) is 9.50. The normalized spacial score (nSPS) is 21.2. The molecule has 10 nitrogen and oxygen atoms in total. The van der Waals surface area contributed by atoms with Crippen LogP contribution in [-0.4, -0.2) is 68.1 Å². The standard InChI is InChI=1S/C23H29N5O5S.Na/c1-32-17-11-27(12-17)16-10-28-22(33-13-16)20(9-24-28)34(30,31)26-23(29)25-21-18-6-2-4-14(18)8-15-5-3-7-19(15)21;/h8-9,16-17H,2-7,10-13H2,1H3,(H2,25,26,29);/q;+1/p-1/t16-;/m0./s1. The average Bonchev–Trinajstić information content (AvgIpc) is 3.51. The Balaban J connectivity index is 0.00000253. The summed E-state index contributed by atoms with van der Waals surface area (Å²) in [5.74, 6) is 0.137. The molecule has 0 bridgehead atoms. The van der Waals surface area contributed by atoms with E-state index in [4.69, 9.17) is 9.47 Å². The van der Waals surface area contributed by atoms with E-state index < -0.39 is 16.1 Å². The van der Waals surface area contributed by atoms with Crippen LogP contribution in [0.25, 0.3) is 4.72 Å². The Hall–Kier alpha value is -1.63. The third-order valence-electron chi connectivity index (χ3n) is 7.47. The maximum atomic E-state index is 13.0. The van der Waals surface area contributed by atoms with Gasteiger partial charge in [0, 0.05) is 20.2 Å². The number of nitrogens with one attached hydrogen (secondary N) is 1. The van der Waals surface area contributed by atoms with E-state index in [1.165, 1.54) is 22.0 Å². The second kappa shape index (κ2) is 9.68. The number of carbonyl (C=O) groups is 1. The number of methoxy groups -OCH3 is 1. The molecule has 0 saturated carbocycles. The number of ether oxygens (including phenoxy) is 2. The van der Waals surface area contributed by atoms with Crippen LogP contribution in [-0.2, 0) is 47.0 Å². The summed E-state index contributed by atoms with van der Waals surface area (Å²) in [6.07, 6.45) is 7.28. The minimum absolute atomic E-state index is 0. The van der Waals surface area contributed by atoms with Gasteiger partial charge in [-0.15, -0.1) is 0 Å². The van der Waals surface area contributed by atoms with E-state index in [2.05, 4.69) is 26.1 Å². The number of nitrogens with zero attached hydrogens (tertiary/aromatic N) is 4. The van der Waals surface area contributed by atoms with Crippen molar-refractivity contribution in [3.05, 3.63) is 39.2 Å². The molecule has 1 atom stereocenters. The molecule has 2 aliphatic heterocycles. The van der Waals surface area contributed by atoms with Crippen molar-refractivity contribution in [2.24, 2.45) is 0 Å². The number of sulfonamides is 1. The summed E-state index contributed by atoms with van der Waals surface area (Å²) < 4.78 is 42.2. The third kappa shape index (κ3) is 4.51. The zero-order valence-electron chi connectivity index (χ0n) is 20.1. The molecule has 3 heterocycles. The predicted molar refractivity (Wildman–Crippen MR) is 124 cm³/mol. The van der Waals surface area contributed by atoms with Crippen LogP contribution in [0.2, 0.25) is 0 Å². The Labute approximate surface area is 227 Å². The number of fused-ring (bicyclic) bond motifs is 3. The average molecular weight is 510 g/mol. The first-order valence-electron chi connectivity index (χ1n) is 11.8. The van der Waals surface area contributed by atoms with Crippen molar-refractivity contribution in [2.45, 2.75) is 62.1 Å². The first kappa shape index (κ1) is 25.0. The van der Waals surface area contributed by atoms with Crippen molar-refractivity contribution in [1.29, 1.82) is 0 Å². The van der Waals surface area contributed by atoms with Crippen LogP contribution in [0.3, 0.4) is 0 Å². The molecule has 182 valence electrons. The van der Waals surface area contributed by atoms with Gasteiger partial charge in [0.05, 0.1) is 24.9 Å². The zero-order valence-corrected chi connectivity index (χ0v) is 22.9. The maximum absolute atomic E-state index is 13.0. The summed E-state index contributed by atoms with van der Waals surface area (Å²) in [4.78, 5) is 14.8. The van der Waals surface area contributed by atoms with Gasteiger partial charge in [-0.25, -0.2) is 13.1 Å². The number of benzene rings is 1. The molecule has 35 heavy (non-hydrogen) atoms. The molecule has 6 rings (SSSR count). The fourth-order valence-electron chi connectivity index (χ4n) is 5.63. The monoisotopic (exact) mass is 509 g/mol. The van der Waals surface area contributed by atoms with Crippen LogP contribution in [0.15, 0.2) is 17.2 Å². The van der Waals surface area contributed by atoms with Gasteiger partial charge in [0.25, 0.3) is 0 Å². The van der Waals surface area contributed by atoms with Crippen LogP contribution in [0, 0.1) is 0 Å². The molecule has 2 aromatic rings. The molecule has 2 amide bonds. The van der Waals surface area contributed by atoms with Crippen LogP contribution in [0.4, 0.5) is 10.5 Å². The van der Waals surface area contributed by atoms with Gasteiger partial charge in [-0.2, -0.15) is 5.10 Å².